The van der Waals surface area contributed by atoms with E-state index in [1.807, 2.05) is 31.1 Å². The molecule has 0 atom stereocenters. The normalized spacial score (nSPS) is 9.97. The maximum atomic E-state index is 11.9. The first kappa shape index (κ1) is 25.3. The van der Waals surface area contributed by atoms with Gasteiger partial charge >= 0.3 is 0 Å². The Morgan fingerprint density at radius 1 is 1.00 bits per heavy atom. The number of rotatable bonds is 6. The lowest BCUT2D eigenvalue weighted by molar-refractivity contribution is 0.0971. The van der Waals surface area contributed by atoms with E-state index in [2.05, 4.69) is 27.8 Å². The van der Waals surface area contributed by atoms with Gasteiger partial charge < -0.3 is 10.4 Å². The van der Waals surface area contributed by atoms with Crippen LogP contribution < -0.4 is 10.6 Å². The molecule has 0 saturated heterocycles. The summed E-state index contributed by atoms with van der Waals surface area (Å²) >= 11 is 9.41. The number of isothiocyanates is 1. The van der Waals surface area contributed by atoms with Crippen LogP contribution >= 0.6 is 24.4 Å². The lowest BCUT2D eigenvalue weighted by Gasteiger charge is -2.31. The van der Waals surface area contributed by atoms with E-state index < -0.39 is 5.54 Å². The Kier molecular flexibility index (Phi) is 11.3. The Bertz CT molecular complexity index is 871. The summed E-state index contributed by atoms with van der Waals surface area (Å²) in [7, 11) is 0. The molecule has 3 N–H and O–H groups in total. The van der Waals surface area contributed by atoms with Crippen LogP contribution in [-0.4, -0.2) is 39.3 Å². The number of nitrogens with one attached hydrogen (secondary N) is 2. The van der Waals surface area contributed by atoms with Crippen LogP contribution in [-0.2, 0) is 0 Å². The first-order valence-electron chi connectivity index (χ1n) is 9.38. The van der Waals surface area contributed by atoms with Crippen molar-refractivity contribution in [2.45, 2.75) is 32.2 Å². The highest BCUT2D eigenvalue weighted by atomic mass is 32.1. The highest BCUT2D eigenvalue weighted by molar-refractivity contribution is 7.80. The van der Waals surface area contributed by atoms with E-state index in [-0.39, 0.29) is 23.5 Å². The topological polar surface area (TPSA) is 90.8 Å². The highest BCUT2D eigenvalue weighted by Crippen LogP contribution is 2.13. The molecule has 158 valence electrons. The van der Waals surface area contributed by atoms with Gasteiger partial charge in [0.25, 0.3) is 11.8 Å². The minimum absolute atomic E-state index is 0.0264. The maximum Gasteiger partial charge on any atom is 0.285 e. The molecule has 2 aromatic rings. The van der Waals surface area contributed by atoms with Gasteiger partial charge in [0, 0.05) is 11.1 Å². The van der Waals surface area contributed by atoms with Gasteiger partial charge in [-0.05, 0) is 61.5 Å². The van der Waals surface area contributed by atoms with Crippen molar-refractivity contribution in [2.24, 2.45) is 4.99 Å². The lowest BCUT2D eigenvalue weighted by atomic mass is 9.94. The van der Waals surface area contributed by atoms with Crippen LogP contribution in [0.4, 0.5) is 0 Å². The molecule has 6 nitrogen and oxygen atoms in total. The van der Waals surface area contributed by atoms with Gasteiger partial charge in [-0.3, -0.25) is 14.9 Å². The molecule has 0 heterocycles. The molecule has 0 bridgehead atoms. The Labute approximate surface area is 187 Å². The quantitative estimate of drug-likeness (QED) is 0.465. The molecule has 2 amide bonds. The summed E-state index contributed by atoms with van der Waals surface area (Å²) < 4.78 is 0. The van der Waals surface area contributed by atoms with Crippen molar-refractivity contribution in [2.75, 3.05) is 6.61 Å². The fourth-order valence-electron chi connectivity index (χ4n) is 2.41. The molecule has 2 rings (SSSR count). The number of hydrogen-bond acceptors (Lipinski definition) is 5. The van der Waals surface area contributed by atoms with E-state index in [0.717, 1.165) is 12.8 Å². The zero-order valence-corrected chi connectivity index (χ0v) is 18.6. The molecule has 0 fully saturated rings. The van der Waals surface area contributed by atoms with Crippen molar-refractivity contribution in [3.8, 4) is 0 Å². The SMILES string of the molecule is CCC(CC)(CO)NC(=S)NC(=O)c1ccccc1.O=C(N=C=S)c1ccccc1. The van der Waals surface area contributed by atoms with Crippen LogP contribution in [0.5, 0.6) is 0 Å². The lowest BCUT2D eigenvalue weighted by Crippen LogP contribution is -2.54. The summed E-state index contributed by atoms with van der Waals surface area (Å²) in [5.41, 5.74) is 0.611. The number of thiocarbonyl (C=S) groups is 2. The van der Waals surface area contributed by atoms with Crippen molar-refractivity contribution in [1.29, 1.82) is 0 Å². The molecule has 0 aliphatic heterocycles. The van der Waals surface area contributed by atoms with E-state index in [9.17, 15) is 14.7 Å². The number of benzene rings is 2. The van der Waals surface area contributed by atoms with Crippen molar-refractivity contribution in [1.82, 2.24) is 10.6 Å². The molecular weight excluding hydrogens is 418 g/mol. The van der Waals surface area contributed by atoms with Gasteiger partial charge in [-0.1, -0.05) is 50.2 Å². The first-order valence-corrected chi connectivity index (χ1v) is 10.2. The minimum atomic E-state index is -0.471. The molecule has 0 radical (unpaired) electrons. The average Bonchev–Trinajstić information content (AvgIpc) is 2.79. The highest BCUT2D eigenvalue weighted by Gasteiger charge is 2.26. The molecular formula is C22H25N3O3S2. The number of carbonyl (C=O) groups is 2. The molecule has 8 heteroatoms. The predicted octanol–water partition coefficient (Wildman–Crippen LogP) is 3.77. The van der Waals surface area contributed by atoms with Gasteiger partial charge in [0.15, 0.2) is 5.11 Å². The van der Waals surface area contributed by atoms with E-state index in [4.69, 9.17) is 12.2 Å². The summed E-state index contributed by atoms with van der Waals surface area (Å²) in [6.07, 6.45) is 1.45. The van der Waals surface area contributed by atoms with Crippen LogP contribution in [0.1, 0.15) is 47.4 Å². The molecule has 0 saturated carbocycles. The summed E-state index contributed by atoms with van der Waals surface area (Å²) in [6.45, 7) is 3.91. The smallest absolute Gasteiger partial charge is 0.285 e. The third kappa shape index (κ3) is 8.31. The summed E-state index contributed by atoms with van der Waals surface area (Å²) in [5.74, 6) is -0.599. The van der Waals surface area contributed by atoms with E-state index in [1.54, 1.807) is 48.5 Å². The van der Waals surface area contributed by atoms with Gasteiger partial charge in [-0.2, -0.15) is 4.99 Å². The van der Waals surface area contributed by atoms with Crippen LogP contribution in [0.3, 0.4) is 0 Å². The van der Waals surface area contributed by atoms with Gasteiger partial charge in [-0.25, -0.2) is 0 Å². The number of amides is 2. The Hall–Kier alpha value is -2.77. The summed E-state index contributed by atoms with van der Waals surface area (Å²) in [4.78, 5) is 26.2. The van der Waals surface area contributed by atoms with Gasteiger partial charge in [-0.15, -0.1) is 0 Å². The molecule has 30 heavy (non-hydrogen) atoms. The van der Waals surface area contributed by atoms with Crippen molar-refractivity contribution < 1.29 is 14.7 Å². The molecule has 0 aromatic heterocycles. The second kappa shape index (κ2) is 13.5. The third-order valence-corrected chi connectivity index (χ3v) is 4.76. The first-order chi connectivity index (χ1) is 14.4. The number of aliphatic hydroxyl groups is 1. The largest absolute Gasteiger partial charge is 0.394 e. The summed E-state index contributed by atoms with van der Waals surface area (Å²) in [6, 6.07) is 17.6. The number of aliphatic imine (C=N–C) groups is 1. The fourth-order valence-corrected chi connectivity index (χ4v) is 2.81. The Morgan fingerprint density at radius 3 is 1.93 bits per heavy atom. The molecule has 0 aliphatic carbocycles. The molecule has 2 aromatic carbocycles. The van der Waals surface area contributed by atoms with Crippen molar-refractivity contribution >= 4 is 46.5 Å². The third-order valence-electron chi connectivity index (χ3n) is 4.47. The van der Waals surface area contributed by atoms with Gasteiger partial charge in [0.05, 0.1) is 17.3 Å². The molecule has 0 aliphatic rings. The summed E-state index contributed by atoms with van der Waals surface area (Å²) in [5, 5.41) is 17.4. The van der Waals surface area contributed by atoms with Gasteiger partial charge in [0.1, 0.15) is 0 Å². The zero-order chi connectivity index (χ0) is 22.4. The standard InChI is InChI=1S/C14H20N2O2S.C8H5NOS/c1-3-14(4-2,10-17)16-13(19)15-12(18)11-8-6-5-7-9-11;10-8(9-6-11)7-4-2-1-3-5-7/h5-9,17H,3-4,10H2,1-2H3,(H2,15,16,18,19);1-5H. The maximum absolute atomic E-state index is 11.9. The number of hydrogen-bond donors (Lipinski definition) is 3. The second-order valence-corrected chi connectivity index (χ2v) is 6.88. The predicted molar refractivity (Wildman–Crippen MR) is 126 cm³/mol. The monoisotopic (exact) mass is 443 g/mol. The minimum Gasteiger partial charge on any atom is -0.394 e. The Balaban J connectivity index is 0.000000346. The molecule has 0 unspecified atom stereocenters. The second-order valence-electron chi connectivity index (χ2n) is 6.29. The zero-order valence-electron chi connectivity index (χ0n) is 16.9. The number of aliphatic hydroxyl groups excluding tert-OH is 1. The van der Waals surface area contributed by atoms with Crippen molar-refractivity contribution in [3.05, 3.63) is 71.8 Å². The van der Waals surface area contributed by atoms with Gasteiger partial charge in [0.2, 0.25) is 0 Å². The number of nitrogens with zero attached hydrogens (tertiary/aromatic N) is 1. The number of carbonyl (C=O) groups excluding carboxylic acids is 2. The van der Waals surface area contributed by atoms with E-state index >= 15 is 0 Å². The van der Waals surface area contributed by atoms with E-state index in [0.29, 0.717) is 11.1 Å². The average molecular weight is 444 g/mol. The van der Waals surface area contributed by atoms with Crippen LogP contribution in [0.2, 0.25) is 0 Å². The van der Waals surface area contributed by atoms with E-state index in [1.165, 1.54) is 0 Å². The molecule has 0 spiro atoms. The van der Waals surface area contributed by atoms with Crippen LogP contribution in [0, 0.1) is 0 Å². The Morgan fingerprint density at radius 2 is 1.50 bits per heavy atom. The van der Waals surface area contributed by atoms with Crippen LogP contribution in [0.15, 0.2) is 65.7 Å². The fraction of sp³-hybridized carbons (Fsp3) is 0.273. The van der Waals surface area contributed by atoms with Crippen LogP contribution in [0.25, 0.3) is 0 Å². The van der Waals surface area contributed by atoms with Crippen molar-refractivity contribution in [3.63, 3.8) is 0 Å².